The third-order valence-corrected chi connectivity index (χ3v) is 5.15. The van der Waals surface area contributed by atoms with Crippen molar-refractivity contribution in [2.45, 2.75) is 39.4 Å². The molecule has 0 aliphatic carbocycles. The van der Waals surface area contributed by atoms with E-state index in [9.17, 15) is 0 Å². The van der Waals surface area contributed by atoms with E-state index >= 15 is 0 Å². The van der Waals surface area contributed by atoms with Crippen LogP contribution in [0, 0.1) is 0 Å². The van der Waals surface area contributed by atoms with Crippen molar-refractivity contribution in [1.82, 2.24) is 9.78 Å². The summed E-state index contributed by atoms with van der Waals surface area (Å²) in [5, 5.41) is 4.78. The third kappa shape index (κ3) is 5.11. The second kappa shape index (κ2) is 9.18. The minimum atomic E-state index is -0.119. The molecule has 0 aliphatic heterocycles. The first kappa shape index (κ1) is 21.5. The highest BCUT2D eigenvalue weighted by Gasteiger charge is 2.21. The molecule has 0 unspecified atom stereocenters. The van der Waals surface area contributed by atoms with Crippen LogP contribution in [-0.4, -0.2) is 9.78 Å². The van der Waals surface area contributed by atoms with E-state index < -0.39 is 0 Å². The number of hydrogen-bond acceptors (Lipinski definition) is 4. The summed E-state index contributed by atoms with van der Waals surface area (Å²) in [6, 6.07) is 27.8. The fraction of sp³-hybridized carbons (Fsp3) is 0.222. The number of nitrogens with zero attached hydrogens (tertiary/aromatic N) is 2. The van der Waals surface area contributed by atoms with E-state index in [1.807, 2.05) is 84.9 Å². The summed E-state index contributed by atoms with van der Waals surface area (Å²) in [6.07, 6.45) is 0. The smallest absolute Gasteiger partial charge is 0.145 e. The van der Waals surface area contributed by atoms with Gasteiger partial charge in [-0.15, -0.1) is 0 Å². The lowest BCUT2D eigenvalue weighted by Crippen LogP contribution is -2.13. The molecule has 32 heavy (non-hydrogen) atoms. The molecule has 2 N–H and O–H groups in total. The third-order valence-electron chi connectivity index (χ3n) is 5.15. The minimum absolute atomic E-state index is 0.119. The maximum Gasteiger partial charge on any atom is 0.145 e. The van der Waals surface area contributed by atoms with Crippen LogP contribution >= 0.6 is 0 Å². The van der Waals surface area contributed by atoms with Crippen molar-refractivity contribution in [2.75, 3.05) is 5.73 Å². The molecule has 0 saturated heterocycles. The van der Waals surface area contributed by atoms with Crippen molar-refractivity contribution >= 4 is 5.82 Å². The molecule has 4 rings (SSSR count). The molecular weight excluding hydrogens is 398 g/mol. The van der Waals surface area contributed by atoms with Crippen LogP contribution in [0.1, 0.15) is 37.6 Å². The van der Waals surface area contributed by atoms with Crippen LogP contribution in [-0.2, 0) is 18.6 Å². The number of nitrogens with two attached hydrogens (primary N) is 1. The van der Waals surface area contributed by atoms with Crippen LogP contribution < -0.4 is 15.2 Å². The molecule has 1 heterocycles. The predicted octanol–water partition coefficient (Wildman–Crippen LogP) is 5.91. The van der Waals surface area contributed by atoms with Gasteiger partial charge in [0.1, 0.15) is 36.2 Å². The Morgan fingerprint density at radius 2 is 1.38 bits per heavy atom. The van der Waals surface area contributed by atoms with E-state index in [1.54, 1.807) is 4.68 Å². The summed E-state index contributed by atoms with van der Waals surface area (Å²) in [4.78, 5) is 0. The summed E-state index contributed by atoms with van der Waals surface area (Å²) in [7, 11) is 0. The SMILES string of the molecule is CC(C)(C)c1cc(N)n(-c2cc(OCc3ccccc3)ccc2OCc2ccccc2)n1. The summed E-state index contributed by atoms with van der Waals surface area (Å²) >= 11 is 0. The number of ether oxygens (including phenoxy) is 2. The number of hydrogen-bond donors (Lipinski definition) is 1. The van der Waals surface area contributed by atoms with E-state index in [4.69, 9.17) is 20.3 Å². The Balaban J connectivity index is 1.65. The van der Waals surface area contributed by atoms with Gasteiger partial charge < -0.3 is 15.2 Å². The number of aromatic nitrogens is 2. The Morgan fingerprint density at radius 1 is 0.781 bits per heavy atom. The molecule has 3 aromatic carbocycles. The molecule has 0 spiro atoms. The lowest BCUT2D eigenvalue weighted by Gasteiger charge is -2.16. The molecule has 0 fully saturated rings. The van der Waals surface area contributed by atoms with E-state index in [0.29, 0.717) is 24.8 Å². The Bertz CT molecular complexity index is 1160. The van der Waals surface area contributed by atoms with Gasteiger partial charge >= 0.3 is 0 Å². The normalized spacial score (nSPS) is 11.3. The lowest BCUT2D eigenvalue weighted by molar-refractivity contribution is 0.296. The Hall–Kier alpha value is -3.73. The quantitative estimate of drug-likeness (QED) is 0.398. The largest absolute Gasteiger partial charge is 0.489 e. The first-order valence-electron chi connectivity index (χ1n) is 10.7. The van der Waals surface area contributed by atoms with E-state index in [-0.39, 0.29) is 5.41 Å². The van der Waals surface area contributed by atoms with Crippen molar-refractivity contribution in [3.8, 4) is 17.2 Å². The number of anilines is 1. The molecule has 0 atom stereocenters. The standard InChI is InChI=1S/C27H29N3O2/c1-27(2,3)25-17-26(28)30(29-25)23-16-22(31-18-20-10-6-4-7-11-20)14-15-24(23)32-19-21-12-8-5-9-13-21/h4-17H,18-19,28H2,1-3H3. The van der Waals surface area contributed by atoms with Crippen LogP contribution in [0.15, 0.2) is 84.9 Å². The van der Waals surface area contributed by atoms with Crippen molar-refractivity contribution in [3.63, 3.8) is 0 Å². The van der Waals surface area contributed by atoms with Gasteiger partial charge in [0.25, 0.3) is 0 Å². The van der Waals surface area contributed by atoms with Crippen LogP contribution in [0.25, 0.3) is 5.69 Å². The van der Waals surface area contributed by atoms with Crippen LogP contribution in [0.2, 0.25) is 0 Å². The maximum atomic E-state index is 6.37. The molecule has 1 aromatic heterocycles. The summed E-state index contributed by atoms with van der Waals surface area (Å²) in [6.45, 7) is 7.28. The first-order valence-corrected chi connectivity index (χ1v) is 10.7. The second-order valence-electron chi connectivity index (χ2n) is 8.79. The second-order valence-corrected chi connectivity index (χ2v) is 8.79. The molecule has 0 amide bonds. The maximum absolute atomic E-state index is 6.37. The first-order chi connectivity index (χ1) is 15.4. The van der Waals surface area contributed by atoms with E-state index in [2.05, 4.69) is 20.8 Å². The van der Waals surface area contributed by atoms with Crippen LogP contribution in [0.4, 0.5) is 5.82 Å². The summed E-state index contributed by atoms with van der Waals surface area (Å²) in [5.74, 6) is 1.97. The topological polar surface area (TPSA) is 62.3 Å². The van der Waals surface area contributed by atoms with Gasteiger partial charge in [0.15, 0.2) is 0 Å². The zero-order chi connectivity index (χ0) is 22.6. The summed E-state index contributed by atoms with van der Waals surface area (Å²) in [5.41, 5.74) is 10.1. The van der Waals surface area contributed by atoms with Gasteiger partial charge in [0.2, 0.25) is 0 Å². The predicted molar refractivity (Wildman–Crippen MR) is 128 cm³/mol. The molecule has 0 aliphatic rings. The van der Waals surface area contributed by atoms with Crippen molar-refractivity contribution in [1.29, 1.82) is 0 Å². The molecule has 0 radical (unpaired) electrons. The van der Waals surface area contributed by atoms with Crippen LogP contribution in [0.5, 0.6) is 11.5 Å². The van der Waals surface area contributed by atoms with Gasteiger partial charge in [-0.25, -0.2) is 4.68 Å². The highest BCUT2D eigenvalue weighted by molar-refractivity contribution is 5.55. The average Bonchev–Trinajstić information content (AvgIpc) is 3.20. The fourth-order valence-electron chi connectivity index (χ4n) is 3.31. The molecule has 4 aromatic rings. The molecule has 0 saturated carbocycles. The number of rotatable bonds is 7. The number of nitrogen functional groups attached to an aromatic ring is 1. The van der Waals surface area contributed by atoms with Gasteiger partial charge in [0.05, 0.1) is 5.69 Å². The molecule has 164 valence electrons. The van der Waals surface area contributed by atoms with Crippen molar-refractivity contribution < 1.29 is 9.47 Å². The Kier molecular flexibility index (Phi) is 6.17. The van der Waals surface area contributed by atoms with Gasteiger partial charge in [-0.1, -0.05) is 81.4 Å². The minimum Gasteiger partial charge on any atom is -0.489 e. The fourth-order valence-corrected chi connectivity index (χ4v) is 3.31. The Morgan fingerprint density at radius 3 is 1.94 bits per heavy atom. The highest BCUT2D eigenvalue weighted by Crippen LogP contribution is 2.32. The van der Waals surface area contributed by atoms with E-state index in [1.165, 1.54) is 0 Å². The molecule has 0 bridgehead atoms. The number of benzene rings is 3. The molecule has 5 nitrogen and oxygen atoms in total. The Labute approximate surface area is 189 Å². The summed E-state index contributed by atoms with van der Waals surface area (Å²) < 4.78 is 14.0. The zero-order valence-corrected chi connectivity index (χ0v) is 18.8. The average molecular weight is 428 g/mol. The monoisotopic (exact) mass is 427 g/mol. The zero-order valence-electron chi connectivity index (χ0n) is 18.8. The highest BCUT2D eigenvalue weighted by atomic mass is 16.5. The van der Waals surface area contributed by atoms with Crippen LogP contribution in [0.3, 0.4) is 0 Å². The van der Waals surface area contributed by atoms with E-state index in [0.717, 1.165) is 28.3 Å². The molecular formula is C27H29N3O2. The lowest BCUT2D eigenvalue weighted by atomic mass is 9.92. The van der Waals surface area contributed by atoms with Crippen molar-refractivity contribution in [3.05, 3.63) is 102 Å². The van der Waals surface area contributed by atoms with Gasteiger partial charge in [-0.3, -0.25) is 0 Å². The molecule has 5 heteroatoms. The van der Waals surface area contributed by atoms with Gasteiger partial charge in [0, 0.05) is 17.5 Å². The van der Waals surface area contributed by atoms with Crippen molar-refractivity contribution in [2.24, 2.45) is 0 Å². The van der Waals surface area contributed by atoms with Gasteiger partial charge in [-0.2, -0.15) is 5.10 Å². The van der Waals surface area contributed by atoms with Gasteiger partial charge in [-0.05, 0) is 23.3 Å².